The van der Waals surface area contributed by atoms with Crippen LogP contribution in [0, 0.1) is 0 Å². The minimum Gasteiger partial charge on any atom is -0.394 e. The third-order valence-corrected chi connectivity index (χ3v) is 4.24. The Morgan fingerprint density at radius 1 is 0.889 bits per heavy atom. The molecule has 0 saturated carbocycles. The smallest absolute Gasteiger partial charge is 0.116 e. The first-order valence-corrected chi connectivity index (χ1v) is 9.51. The third-order valence-electron chi connectivity index (χ3n) is 4.24. The molecule has 0 saturated heterocycles. The van der Waals surface area contributed by atoms with Crippen LogP contribution < -0.4 is 0 Å². The first-order chi connectivity index (χ1) is 13.2. The molecule has 2 aromatic rings. The molecule has 0 heterocycles. The molecule has 0 aliphatic carbocycles. The van der Waals surface area contributed by atoms with E-state index in [1.54, 1.807) is 0 Å². The third kappa shape index (κ3) is 7.65. The molecule has 0 aliphatic rings. The fourth-order valence-corrected chi connectivity index (χ4v) is 2.72. The number of aliphatic hydroxyl groups is 2. The van der Waals surface area contributed by atoms with Crippen molar-refractivity contribution in [1.29, 1.82) is 0 Å². The number of hydrogen-bond donors (Lipinski definition) is 2. The zero-order chi connectivity index (χ0) is 19.3. The first-order valence-electron chi connectivity index (χ1n) is 9.51. The van der Waals surface area contributed by atoms with Crippen molar-refractivity contribution in [3.05, 3.63) is 83.9 Å². The molecule has 146 valence electrons. The van der Waals surface area contributed by atoms with Crippen molar-refractivity contribution < 1.29 is 19.7 Å². The molecule has 3 atom stereocenters. The van der Waals surface area contributed by atoms with E-state index in [9.17, 15) is 10.2 Å². The standard InChI is InChI=1S/C23H30O4/c1-2-3-6-15-22(26-17-19-11-7-4-8-12-19)23(21(25)16-24)27-18-20-13-9-5-10-14-20/h4-15,21-25H,2-3,16-18H2,1H3/b15-6+/t21-,22-,23-/m1/s1. The Morgan fingerprint density at radius 3 is 1.96 bits per heavy atom. The summed E-state index contributed by atoms with van der Waals surface area (Å²) in [6, 6.07) is 19.7. The summed E-state index contributed by atoms with van der Waals surface area (Å²) in [5, 5.41) is 19.8. The lowest BCUT2D eigenvalue weighted by molar-refractivity contribution is -0.126. The predicted molar refractivity (Wildman–Crippen MR) is 107 cm³/mol. The Balaban J connectivity index is 2.09. The maximum Gasteiger partial charge on any atom is 0.116 e. The summed E-state index contributed by atoms with van der Waals surface area (Å²) in [5.41, 5.74) is 2.05. The average Bonchev–Trinajstić information content (AvgIpc) is 2.73. The van der Waals surface area contributed by atoms with Crippen LogP contribution >= 0.6 is 0 Å². The van der Waals surface area contributed by atoms with E-state index in [1.165, 1.54) is 0 Å². The Labute approximate surface area is 162 Å². The van der Waals surface area contributed by atoms with Crippen LogP contribution in [0.4, 0.5) is 0 Å². The highest BCUT2D eigenvalue weighted by atomic mass is 16.5. The number of benzene rings is 2. The van der Waals surface area contributed by atoms with Gasteiger partial charge in [0, 0.05) is 0 Å². The topological polar surface area (TPSA) is 58.9 Å². The maximum atomic E-state index is 10.3. The Morgan fingerprint density at radius 2 is 1.44 bits per heavy atom. The quantitative estimate of drug-likeness (QED) is 0.557. The molecule has 0 bridgehead atoms. The number of allylic oxidation sites excluding steroid dienone is 1. The molecule has 27 heavy (non-hydrogen) atoms. The van der Waals surface area contributed by atoms with Gasteiger partial charge in [-0.1, -0.05) is 86.2 Å². The monoisotopic (exact) mass is 370 g/mol. The van der Waals surface area contributed by atoms with Crippen LogP contribution in [0.15, 0.2) is 72.8 Å². The summed E-state index contributed by atoms with van der Waals surface area (Å²) in [5.74, 6) is 0. The van der Waals surface area contributed by atoms with Gasteiger partial charge in [0.05, 0.1) is 19.8 Å². The van der Waals surface area contributed by atoms with Gasteiger partial charge in [0.1, 0.15) is 18.3 Å². The number of ether oxygens (including phenoxy) is 2. The second-order valence-corrected chi connectivity index (χ2v) is 6.49. The fraction of sp³-hybridized carbons (Fsp3) is 0.391. The molecule has 0 amide bonds. The minimum absolute atomic E-state index is 0.343. The van der Waals surface area contributed by atoms with Gasteiger partial charge in [-0.05, 0) is 17.5 Å². The maximum absolute atomic E-state index is 10.3. The van der Waals surface area contributed by atoms with Crippen molar-refractivity contribution in [1.82, 2.24) is 0 Å². The van der Waals surface area contributed by atoms with Gasteiger partial charge >= 0.3 is 0 Å². The van der Waals surface area contributed by atoms with Crippen molar-refractivity contribution >= 4 is 0 Å². The molecule has 0 spiro atoms. The average molecular weight is 370 g/mol. The van der Waals surface area contributed by atoms with E-state index < -0.39 is 18.3 Å². The summed E-state index contributed by atoms with van der Waals surface area (Å²) >= 11 is 0. The van der Waals surface area contributed by atoms with E-state index in [4.69, 9.17) is 9.47 Å². The molecule has 0 radical (unpaired) electrons. The van der Waals surface area contributed by atoms with Crippen LogP contribution in [-0.2, 0) is 22.7 Å². The van der Waals surface area contributed by atoms with Gasteiger partial charge in [-0.15, -0.1) is 0 Å². The van der Waals surface area contributed by atoms with E-state index >= 15 is 0 Å². The lowest BCUT2D eigenvalue weighted by atomic mass is 10.1. The fourth-order valence-electron chi connectivity index (χ4n) is 2.72. The van der Waals surface area contributed by atoms with E-state index in [0.29, 0.717) is 13.2 Å². The molecule has 2 N–H and O–H groups in total. The van der Waals surface area contributed by atoms with Crippen LogP contribution in [0.1, 0.15) is 30.9 Å². The number of hydrogen-bond acceptors (Lipinski definition) is 4. The molecule has 2 aromatic carbocycles. The molecule has 0 fully saturated rings. The molecule has 0 aromatic heterocycles. The van der Waals surface area contributed by atoms with Gasteiger partial charge < -0.3 is 19.7 Å². The summed E-state index contributed by atoms with van der Waals surface area (Å²) in [7, 11) is 0. The summed E-state index contributed by atoms with van der Waals surface area (Å²) in [6.07, 6.45) is 3.78. The second kappa shape index (κ2) is 12.4. The van der Waals surface area contributed by atoms with Crippen LogP contribution in [-0.4, -0.2) is 35.1 Å². The van der Waals surface area contributed by atoms with Crippen molar-refractivity contribution in [3.63, 3.8) is 0 Å². The van der Waals surface area contributed by atoms with E-state index in [0.717, 1.165) is 24.0 Å². The van der Waals surface area contributed by atoms with E-state index in [-0.39, 0.29) is 6.61 Å². The largest absolute Gasteiger partial charge is 0.394 e. The van der Waals surface area contributed by atoms with Gasteiger partial charge in [0.15, 0.2) is 0 Å². The summed E-state index contributed by atoms with van der Waals surface area (Å²) in [6.45, 7) is 2.48. The zero-order valence-electron chi connectivity index (χ0n) is 15.9. The lowest BCUT2D eigenvalue weighted by Crippen LogP contribution is -2.42. The second-order valence-electron chi connectivity index (χ2n) is 6.49. The normalized spacial score (nSPS) is 14.9. The first kappa shape index (κ1) is 21.3. The van der Waals surface area contributed by atoms with Crippen LogP contribution in [0.3, 0.4) is 0 Å². The number of aliphatic hydroxyl groups excluding tert-OH is 2. The molecule has 0 unspecified atom stereocenters. The summed E-state index contributed by atoms with van der Waals surface area (Å²) < 4.78 is 12.0. The molecule has 0 aliphatic heterocycles. The van der Waals surface area contributed by atoms with Crippen molar-refractivity contribution in [2.75, 3.05) is 6.61 Å². The Kier molecular flexibility index (Phi) is 9.80. The van der Waals surface area contributed by atoms with Crippen LogP contribution in [0.5, 0.6) is 0 Å². The van der Waals surface area contributed by atoms with Crippen LogP contribution in [0.25, 0.3) is 0 Å². The molecule has 4 heteroatoms. The molecular formula is C23H30O4. The predicted octanol–water partition coefficient (Wildman–Crippen LogP) is 3.87. The van der Waals surface area contributed by atoms with Gasteiger partial charge in [0.2, 0.25) is 0 Å². The zero-order valence-corrected chi connectivity index (χ0v) is 15.9. The van der Waals surface area contributed by atoms with Crippen molar-refractivity contribution in [2.24, 2.45) is 0 Å². The van der Waals surface area contributed by atoms with Gasteiger partial charge in [-0.25, -0.2) is 0 Å². The number of rotatable bonds is 12. The highest BCUT2D eigenvalue weighted by Crippen LogP contribution is 2.16. The Bertz CT molecular complexity index is 642. The van der Waals surface area contributed by atoms with Crippen molar-refractivity contribution in [3.8, 4) is 0 Å². The lowest BCUT2D eigenvalue weighted by Gasteiger charge is -2.28. The highest BCUT2D eigenvalue weighted by molar-refractivity contribution is 5.14. The molecular weight excluding hydrogens is 340 g/mol. The van der Waals surface area contributed by atoms with Gasteiger partial charge in [-0.2, -0.15) is 0 Å². The molecule has 4 nitrogen and oxygen atoms in total. The van der Waals surface area contributed by atoms with Crippen molar-refractivity contribution in [2.45, 2.75) is 51.3 Å². The highest BCUT2D eigenvalue weighted by Gasteiger charge is 2.28. The van der Waals surface area contributed by atoms with E-state index in [2.05, 4.69) is 6.92 Å². The van der Waals surface area contributed by atoms with E-state index in [1.807, 2.05) is 72.8 Å². The SMILES string of the molecule is CCC/C=C/[C@@H](OCc1ccccc1)[C@H](OCc1ccccc1)[C@H](O)CO. The van der Waals surface area contributed by atoms with Gasteiger partial charge in [0.25, 0.3) is 0 Å². The van der Waals surface area contributed by atoms with Crippen LogP contribution in [0.2, 0.25) is 0 Å². The Hall–Kier alpha value is -1.98. The summed E-state index contributed by atoms with van der Waals surface area (Å²) in [4.78, 5) is 0. The minimum atomic E-state index is -1.03. The molecule has 2 rings (SSSR count). The van der Waals surface area contributed by atoms with Gasteiger partial charge in [-0.3, -0.25) is 0 Å². The number of unbranched alkanes of at least 4 members (excludes halogenated alkanes) is 1.